The number of ether oxygens (including phenoxy) is 1. The third-order valence-corrected chi connectivity index (χ3v) is 3.94. The molecule has 0 aliphatic rings. The van der Waals surface area contributed by atoms with Gasteiger partial charge in [-0.3, -0.25) is 10.1 Å². The van der Waals surface area contributed by atoms with Crippen molar-refractivity contribution >= 4 is 28.7 Å². The van der Waals surface area contributed by atoms with Gasteiger partial charge in [-0.1, -0.05) is 18.2 Å². The predicted molar refractivity (Wildman–Crippen MR) is 108 cm³/mol. The number of imidazole rings is 1. The SMILES string of the molecule is C[C@H](NC(=O)c1cccc(NC(=O)OC(C)(C)C)c1)c1nc2ccccc2[nH]1. The fraction of sp³-hybridized carbons (Fsp3) is 0.286. The molecule has 0 bridgehead atoms. The highest BCUT2D eigenvalue weighted by atomic mass is 16.6. The smallest absolute Gasteiger partial charge is 0.412 e. The van der Waals surface area contributed by atoms with Crippen molar-refractivity contribution in [2.24, 2.45) is 0 Å². The Morgan fingerprint density at radius 2 is 1.86 bits per heavy atom. The number of hydrogen-bond donors (Lipinski definition) is 3. The Morgan fingerprint density at radius 1 is 1.11 bits per heavy atom. The fourth-order valence-electron chi connectivity index (χ4n) is 2.69. The predicted octanol–water partition coefficient (Wildman–Crippen LogP) is 4.40. The van der Waals surface area contributed by atoms with Gasteiger partial charge in [-0.05, 0) is 58.0 Å². The molecule has 1 aromatic heterocycles. The van der Waals surface area contributed by atoms with Gasteiger partial charge in [0.15, 0.2) is 0 Å². The van der Waals surface area contributed by atoms with E-state index < -0.39 is 11.7 Å². The molecule has 0 saturated carbocycles. The van der Waals surface area contributed by atoms with Crippen LogP contribution < -0.4 is 10.6 Å². The summed E-state index contributed by atoms with van der Waals surface area (Å²) in [5.41, 5.74) is 2.08. The van der Waals surface area contributed by atoms with Gasteiger partial charge in [0.2, 0.25) is 0 Å². The summed E-state index contributed by atoms with van der Waals surface area (Å²) < 4.78 is 5.23. The third kappa shape index (κ3) is 4.88. The Balaban J connectivity index is 1.67. The number of carbonyl (C=O) groups is 2. The molecule has 2 aromatic carbocycles. The lowest BCUT2D eigenvalue weighted by atomic mass is 10.1. The van der Waals surface area contributed by atoms with E-state index in [9.17, 15) is 9.59 Å². The molecular formula is C21H24N4O3. The number of anilines is 1. The first-order chi connectivity index (χ1) is 13.2. The molecule has 0 unspecified atom stereocenters. The number of H-pyrrole nitrogens is 1. The van der Waals surface area contributed by atoms with Crippen molar-refractivity contribution in [3.05, 3.63) is 59.9 Å². The largest absolute Gasteiger partial charge is 0.444 e. The zero-order chi connectivity index (χ0) is 20.3. The molecule has 28 heavy (non-hydrogen) atoms. The highest BCUT2D eigenvalue weighted by Gasteiger charge is 2.18. The van der Waals surface area contributed by atoms with Crippen molar-refractivity contribution in [1.29, 1.82) is 0 Å². The Morgan fingerprint density at radius 3 is 2.57 bits per heavy atom. The molecule has 146 valence electrons. The lowest BCUT2D eigenvalue weighted by Gasteiger charge is -2.19. The summed E-state index contributed by atoms with van der Waals surface area (Å²) in [5, 5.41) is 5.55. The molecule has 1 atom stereocenters. The van der Waals surface area contributed by atoms with E-state index in [0.29, 0.717) is 17.1 Å². The van der Waals surface area contributed by atoms with Crippen LogP contribution in [0.5, 0.6) is 0 Å². The number of fused-ring (bicyclic) bond motifs is 1. The summed E-state index contributed by atoms with van der Waals surface area (Å²) in [5.74, 6) is 0.415. The molecule has 0 spiro atoms. The number of para-hydroxylation sites is 2. The van der Waals surface area contributed by atoms with Crippen molar-refractivity contribution in [3.8, 4) is 0 Å². The molecule has 0 saturated heterocycles. The van der Waals surface area contributed by atoms with Crippen molar-refractivity contribution in [2.45, 2.75) is 39.3 Å². The summed E-state index contributed by atoms with van der Waals surface area (Å²) in [6.07, 6.45) is -0.569. The zero-order valence-corrected chi connectivity index (χ0v) is 16.4. The van der Waals surface area contributed by atoms with Crippen molar-refractivity contribution < 1.29 is 14.3 Å². The van der Waals surface area contributed by atoms with E-state index in [4.69, 9.17) is 4.74 Å². The van der Waals surface area contributed by atoms with E-state index in [1.165, 1.54) is 0 Å². The van der Waals surface area contributed by atoms with Gasteiger partial charge in [-0.2, -0.15) is 0 Å². The molecule has 1 heterocycles. The minimum atomic E-state index is -0.596. The molecule has 0 fully saturated rings. The number of nitrogens with zero attached hydrogens (tertiary/aromatic N) is 1. The van der Waals surface area contributed by atoms with Gasteiger partial charge in [-0.25, -0.2) is 9.78 Å². The van der Waals surface area contributed by atoms with Gasteiger partial charge in [0, 0.05) is 11.3 Å². The highest BCUT2D eigenvalue weighted by molar-refractivity contribution is 5.96. The molecule has 2 amide bonds. The molecule has 3 rings (SSSR count). The molecule has 0 aliphatic heterocycles. The second-order valence-electron chi connectivity index (χ2n) is 7.54. The average Bonchev–Trinajstić information content (AvgIpc) is 3.04. The lowest BCUT2D eigenvalue weighted by Crippen LogP contribution is -2.28. The Kier molecular flexibility index (Phi) is 5.35. The second kappa shape index (κ2) is 7.72. The second-order valence-corrected chi connectivity index (χ2v) is 7.54. The summed E-state index contributed by atoms with van der Waals surface area (Å²) in [4.78, 5) is 32.2. The summed E-state index contributed by atoms with van der Waals surface area (Å²) in [6, 6.07) is 14.1. The number of amides is 2. The molecular weight excluding hydrogens is 356 g/mol. The topological polar surface area (TPSA) is 96.1 Å². The van der Waals surface area contributed by atoms with Crippen LogP contribution >= 0.6 is 0 Å². The van der Waals surface area contributed by atoms with E-state index in [0.717, 1.165) is 11.0 Å². The van der Waals surface area contributed by atoms with E-state index in [1.54, 1.807) is 45.0 Å². The molecule has 0 aliphatic carbocycles. The number of nitrogens with one attached hydrogen (secondary N) is 3. The van der Waals surface area contributed by atoms with E-state index in [1.807, 2.05) is 31.2 Å². The molecule has 7 nitrogen and oxygen atoms in total. The Labute approximate surface area is 163 Å². The fourth-order valence-corrected chi connectivity index (χ4v) is 2.69. The number of carbonyl (C=O) groups excluding carboxylic acids is 2. The summed E-state index contributed by atoms with van der Waals surface area (Å²) in [6.45, 7) is 7.22. The molecule has 3 aromatic rings. The molecule has 0 radical (unpaired) electrons. The van der Waals surface area contributed by atoms with Gasteiger partial charge in [0.25, 0.3) is 5.91 Å². The number of benzene rings is 2. The summed E-state index contributed by atoms with van der Waals surface area (Å²) >= 11 is 0. The van der Waals surface area contributed by atoms with Crippen LogP contribution in [0.2, 0.25) is 0 Å². The normalized spacial score (nSPS) is 12.4. The van der Waals surface area contributed by atoms with E-state index >= 15 is 0 Å². The minimum Gasteiger partial charge on any atom is -0.444 e. The monoisotopic (exact) mass is 380 g/mol. The molecule has 7 heteroatoms. The maximum absolute atomic E-state index is 12.6. The van der Waals surface area contributed by atoms with Crippen molar-refractivity contribution in [3.63, 3.8) is 0 Å². The van der Waals surface area contributed by atoms with Crippen LogP contribution in [0.3, 0.4) is 0 Å². The van der Waals surface area contributed by atoms with E-state index in [2.05, 4.69) is 20.6 Å². The van der Waals surface area contributed by atoms with Gasteiger partial charge in [-0.15, -0.1) is 0 Å². The maximum Gasteiger partial charge on any atom is 0.412 e. The van der Waals surface area contributed by atoms with Crippen molar-refractivity contribution in [1.82, 2.24) is 15.3 Å². The van der Waals surface area contributed by atoms with Crippen LogP contribution in [0.1, 0.15) is 49.9 Å². The van der Waals surface area contributed by atoms with Crippen LogP contribution in [-0.2, 0) is 4.74 Å². The third-order valence-electron chi connectivity index (χ3n) is 3.94. The van der Waals surface area contributed by atoms with Crippen LogP contribution in [0.4, 0.5) is 10.5 Å². The lowest BCUT2D eigenvalue weighted by molar-refractivity contribution is 0.0635. The summed E-state index contributed by atoms with van der Waals surface area (Å²) in [7, 11) is 0. The van der Waals surface area contributed by atoms with Gasteiger partial charge >= 0.3 is 6.09 Å². The first kappa shape index (κ1) is 19.4. The first-order valence-corrected chi connectivity index (χ1v) is 9.07. The highest BCUT2D eigenvalue weighted by Crippen LogP contribution is 2.17. The quantitative estimate of drug-likeness (QED) is 0.625. The van der Waals surface area contributed by atoms with E-state index in [-0.39, 0.29) is 11.9 Å². The maximum atomic E-state index is 12.6. The minimum absolute atomic E-state index is 0.263. The van der Waals surface area contributed by atoms with Crippen LogP contribution in [0, 0.1) is 0 Å². The van der Waals surface area contributed by atoms with Gasteiger partial charge < -0.3 is 15.0 Å². The number of aromatic nitrogens is 2. The number of hydrogen-bond acceptors (Lipinski definition) is 4. The number of rotatable bonds is 4. The van der Waals surface area contributed by atoms with Gasteiger partial charge in [0.1, 0.15) is 11.4 Å². The Hall–Kier alpha value is -3.35. The van der Waals surface area contributed by atoms with Crippen molar-refractivity contribution in [2.75, 3.05) is 5.32 Å². The zero-order valence-electron chi connectivity index (χ0n) is 16.4. The molecule has 3 N–H and O–H groups in total. The van der Waals surface area contributed by atoms with Crippen LogP contribution in [0.25, 0.3) is 11.0 Å². The Bertz CT molecular complexity index is 971. The van der Waals surface area contributed by atoms with Gasteiger partial charge in [0.05, 0.1) is 17.1 Å². The van der Waals surface area contributed by atoms with Crippen LogP contribution in [-0.4, -0.2) is 27.6 Å². The first-order valence-electron chi connectivity index (χ1n) is 9.07. The number of aromatic amines is 1. The standard InChI is InChI=1S/C21H24N4O3/c1-13(18-24-16-10-5-6-11-17(16)25-18)22-19(26)14-8-7-9-15(12-14)23-20(27)28-21(2,3)4/h5-13H,1-4H3,(H,22,26)(H,23,27)(H,24,25)/t13-/m0/s1. The van der Waals surface area contributed by atoms with Crippen LogP contribution in [0.15, 0.2) is 48.5 Å². The average molecular weight is 380 g/mol.